The summed E-state index contributed by atoms with van der Waals surface area (Å²) in [6.45, 7) is 0. The van der Waals surface area contributed by atoms with Crippen LogP contribution in [-0.2, 0) is 6.42 Å². The van der Waals surface area contributed by atoms with Crippen LogP contribution in [0.25, 0.3) is 5.69 Å². The van der Waals surface area contributed by atoms with E-state index in [0.717, 1.165) is 17.0 Å². The lowest BCUT2D eigenvalue weighted by Crippen LogP contribution is -2.35. The molecule has 0 aliphatic carbocycles. The molecule has 1 unspecified atom stereocenters. The van der Waals surface area contributed by atoms with Gasteiger partial charge < -0.3 is 20.4 Å². The largest absolute Gasteiger partial charge is 0.497 e. The monoisotopic (exact) mass is 336 g/mol. The molecule has 0 radical (unpaired) electrons. The maximum atomic E-state index is 11.5. The standard InChI is InChI=1S/C19H20N4O2/c1-25-16-9-7-15(8-10-16)23-12-11-21-18(23)17(22-19(20)24)13-14-5-3-2-4-6-14/h2-12,17H,13H2,1H3,(H3,20,22,24). The van der Waals surface area contributed by atoms with Crippen molar-refractivity contribution in [2.75, 3.05) is 7.11 Å². The molecule has 3 rings (SSSR count). The van der Waals surface area contributed by atoms with E-state index in [4.69, 9.17) is 10.5 Å². The zero-order valence-electron chi connectivity index (χ0n) is 13.9. The summed E-state index contributed by atoms with van der Waals surface area (Å²) < 4.78 is 7.13. The number of rotatable bonds is 6. The van der Waals surface area contributed by atoms with Gasteiger partial charge in [-0.25, -0.2) is 9.78 Å². The van der Waals surface area contributed by atoms with E-state index >= 15 is 0 Å². The number of carbonyl (C=O) groups excluding carboxylic acids is 1. The number of nitrogens with two attached hydrogens (primary N) is 1. The first kappa shape index (κ1) is 16.6. The van der Waals surface area contributed by atoms with Crippen LogP contribution < -0.4 is 15.8 Å². The van der Waals surface area contributed by atoms with Gasteiger partial charge in [0.2, 0.25) is 0 Å². The summed E-state index contributed by atoms with van der Waals surface area (Å²) in [6, 6.07) is 16.6. The lowest BCUT2D eigenvalue weighted by atomic mass is 10.1. The van der Waals surface area contributed by atoms with Crippen molar-refractivity contribution in [1.82, 2.24) is 14.9 Å². The van der Waals surface area contributed by atoms with Gasteiger partial charge in [0.25, 0.3) is 0 Å². The molecular weight excluding hydrogens is 316 g/mol. The van der Waals surface area contributed by atoms with E-state index < -0.39 is 6.03 Å². The normalized spacial score (nSPS) is 11.7. The maximum absolute atomic E-state index is 11.5. The highest BCUT2D eigenvalue weighted by Gasteiger charge is 2.20. The van der Waals surface area contributed by atoms with Crippen LogP contribution in [0.3, 0.4) is 0 Å². The van der Waals surface area contributed by atoms with Gasteiger partial charge in [0.1, 0.15) is 11.6 Å². The number of primary amides is 1. The maximum Gasteiger partial charge on any atom is 0.312 e. The summed E-state index contributed by atoms with van der Waals surface area (Å²) in [5.74, 6) is 1.49. The fourth-order valence-corrected chi connectivity index (χ4v) is 2.76. The van der Waals surface area contributed by atoms with Crippen LogP contribution in [-0.4, -0.2) is 22.7 Å². The Labute approximate surface area is 146 Å². The predicted molar refractivity (Wildman–Crippen MR) is 95.7 cm³/mol. The lowest BCUT2D eigenvalue weighted by Gasteiger charge is -2.19. The number of aromatic nitrogens is 2. The Morgan fingerprint density at radius 3 is 2.56 bits per heavy atom. The van der Waals surface area contributed by atoms with Gasteiger partial charge in [0.05, 0.1) is 13.2 Å². The molecule has 128 valence electrons. The smallest absolute Gasteiger partial charge is 0.312 e. The number of hydrogen-bond acceptors (Lipinski definition) is 3. The second-order valence-electron chi connectivity index (χ2n) is 5.60. The number of benzene rings is 2. The zero-order chi connectivity index (χ0) is 17.6. The Morgan fingerprint density at radius 2 is 1.92 bits per heavy atom. The zero-order valence-corrected chi connectivity index (χ0v) is 13.9. The predicted octanol–water partition coefficient (Wildman–Crippen LogP) is 2.83. The number of nitrogens with zero attached hydrogens (tertiary/aromatic N) is 2. The van der Waals surface area contributed by atoms with Crippen LogP contribution in [0.4, 0.5) is 4.79 Å². The molecule has 1 atom stereocenters. The molecule has 0 saturated heterocycles. The molecule has 1 heterocycles. The van der Waals surface area contributed by atoms with Crippen LogP contribution >= 0.6 is 0 Å². The molecule has 2 aromatic carbocycles. The van der Waals surface area contributed by atoms with Gasteiger partial charge in [-0.1, -0.05) is 30.3 Å². The summed E-state index contributed by atoms with van der Waals surface area (Å²) in [5.41, 5.74) is 7.39. The van der Waals surface area contributed by atoms with E-state index in [1.807, 2.05) is 65.4 Å². The quantitative estimate of drug-likeness (QED) is 0.726. The molecule has 0 aliphatic rings. The molecule has 25 heavy (non-hydrogen) atoms. The molecule has 0 spiro atoms. The van der Waals surface area contributed by atoms with Crippen molar-refractivity contribution >= 4 is 6.03 Å². The van der Waals surface area contributed by atoms with Crippen LogP contribution in [0.15, 0.2) is 67.0 Å². The van der Waals surface area contributed by atoms with E-state index in [9.17, 15) is 4.79 Å². The van der Waals surface area contributed by atoms with Crippen molar-refractivity contribution in [3.63, 3.8) is 0 Å². The third-order valence-electron chi connectivity index (χ3n) is 3.93. The second kappa shape index (κ2) is 7.53. The summed E-state index contributed by atoms with van der Waals surface area (Å²) in [4.78, 5) is 15.9. The first-order valence-electron chi connectivity index (χ1n) is 7.95. The molecule has 2 amide bonds. The Morgan fingerprint density at radius 1 is 1.20 bits per heavy atom. The topological polar surface area (TPSA) is 82.2 Å². The molecule has 0 aliphatic heterocycles. The summed E-state index contributed by atoms with van der Waals surface area (Å²) >= 11 is 0. The van der Waals surface area contributed by atoms with Gasteiger partial charge in [0.15, 0.2) is 0 Å². The fourth-order valence-electron chi connectivity index (χ4n) is 2.76. The highest BCUT2D eigenvalue weighted by molar-refractivity contribution is 5.72. The summed E-state index contributed by atoms with van der Waals surface area (Å²) in [7, 11) is 1.63. The molecule has 1 aromatic heterocycles. The number of imidazole rings is 1. The van der Waals surface area contributed by atoms with Gasteiger partial charge in [-0.2, -0.15) is 0 Å². The number of nitrogens with one attached hydrogen (secondary N) is 1. The minimum atomic E-state index is -0.579. The van der Waals surface area contributed by atoms with Crippen molar-refractivity contribution in [3.05, 3.63) is 78.4 Å². The van der Waals surface area contributed by atoms with Crippen LogP contribution in [0.5, 0.6) is 5.75 Å². The molecular formula is C19H20N4O2. The van der Waals surface area contributed by atoms with Crippen molar-refractivity contribution in [2.24, 2.45) is 5.73 Å². The highest BCUT2D eigenvalue weighted by Crippen LogP contribution is 2.22. The first-order chi connectivity index (χ1) is 12.2. The Kier molecular flexibility index (Phi) is 4.99. The summed E-state index contributed by atoms with van der Waals surface area (Å²) in [6.07, 6.45) is 4.16. The van der Waals surface area contributed by atoms with Crippen LogP contribution in [0, 0.1) is 0 Å². The molecule has 0 bridgehead atoms. The van der Waals surface area contributed by atoms with Crippen molar-refractivity contribution < 1.29 is 9.53 Å². The van der Waals surface area contributed by atoms with Gasteiger partial charge in [-0.15, -0.1) is 0 Å². The Bertz CT molecular complexity index is 828. The lowest BCUT2D eigenvalue weighted by molar-refractivity contribution is 0.244. The molecule has 6 heteroatoms. The molecule has 6 nitrogen and oxygen atoms in total. The van der Waals surface area contributed by atoms with E-state index in [2.05, 4.69) is 10.3 Å². The third-order valence-corrected chi connectivity index (χ3v) is 3.93. The molecule has 3 aromatic rings. The minimum absolute atomic E-state index is 0.336. The van der Waals surface area contributed by atoms with Gasteiger partial charge in [-0.05, 0) is 36.2 Å². The number of ether oxygens (including phenoxy) is 1. The molecule has 0 fully saturated rings. The second-order valence-corrected chi connectivity index (χ2v) is 5.60. The van der Waals surface area contributed by atoms with Gasteiger partial charge in [-0.3, -0.25) is 0 Å². The van der Waals surface area contributed by atoms with Crippen LogP contribution in [0.2, 0.25) is 0 Å². The highest BCUT2D eigenvalue weighted by atomic mass is 16.5. The SMILES string of the molecule is COc1ccc(-n2ccnc2C(Cc2ccccc2)NC(N)=O)cc1. The Balaban J connectivity index is 1.93. The fraction of sp³-hybridized carbons (Fsp3) is 0.158. The average molecular weight is 336 g/mol. The van der Waals surface area contributed by atoms with Crippen LogP contribution in [0.1, 0.15) is 17.4 Å². The molecule has 0 saturated carbocycles. The van der Waals surface area contributed by atoms with E-state index in [1.165, 1.54) is 0 Å². The van der Waals surface area contributed by atoms with Crippen molar-refractivity contribution in [3.8, 4) is 11.4 Å². The van der Waals surface area contributed by atoms with Gasteiger partial charge >= 0.3 is 6.03 Å². The number of urea groups is 1. The number of amides is 2. The minimum Gasteiger partial charge on any atom is -0.497 e. The van der Waals surface area contributed by atoms with E-state index in [1.54, 1.807) is 13.3 Å². The van der Waals surface area contributed by atoms with Crippen molar-refractivity contribution in [2.45, 2.75) is 12.5 Å². The number of carbonyl (C=O) groups is 1. The first-order valence-corrected chi connectivity index (χ1v) is 7.95. The number of methoxy groups -OCH3 is 1. The third kappa shape index (κ3) is 3.98. The molecule has 3 N–H and O–H groups in total. The van der Waals surface area contributed by atoms with Crippen molar-refractivity contribution in [1.29, 1.82) is 0 Å². The summed E-state index contributed by atoms with van der Waals surface area (Å²) in [5, 5.41) is 2.79. The van der Waals surface area contributed by atoms with Gasteiger partial charge in [0, 0.05) is 18.1 Å². The van der Waals surface area contributed by atoms with E-state index in [0.29, 0.717) is 12.2 Å². The van der Waals surface area contributed by atoms with E-state index in [-0.39, 0.29) is 6.04 Å². The number of hydrogen-bond donors (Lipinski definition) is 2. The Hall–Kier alpha value is -3.28. The average Bonchev–Trinajstić information content (AvgIpc) is 3.11.